The van der Waals surface area contributed by atoms with Crippen LogP contribution in [-0.2, 0) is 10.0 Å². The second kappa shape index (κ2) is 7.58. The van der Waals surface area contributed by atoms with Crippen molar-refractivity contribution in [2.24, 2.45) is 5.92 Å². The Kier molecular flexibility index (Phi) is 5.98. The Labute approximate surface area is 139 Å². The third-order valence-corrected chi connectivity index (χ3v) is 6.58. The standard InChI is InChI=1S/C18H27NO3S/c1-4-5-12-23(21,22)19-10-8-16(9-11-19)18(20)17-7-6-14(2)13-15(17)3/h6-7,13,16H,4-5,8-12H2,1-3H3. The summed E-state index contributed by atoms with van der Waals surface area (Å²) in [5.41, 5.74) is 2.94. The van der Waals surface area contributed by atoms with E-state index in [9.17, 15) is 13.2 Å². The number of ketones is 1. The third kappa shape index (κ3) is 4.42. The van der Waals surface area contributed by atoms with Crippen LogP contribution in [0.3, 0.4) is 0 Å². The molecule has 1 aliphatic rings. The van der Waals surface area contributed by atoms with Gasteiger partial charge in [0.1, 0.15) is 0 Å². The van der Waals surface area contributed by atoms with Crippen molar-refractivity contribution in [3.8, 4) is 0 Å². The van der Waals surface area contributed by atoms with Gasteiger partial charge in [0.2, 0.25) is 10.0 Å². The number of rotatable bonds is 6. The molecule has 0 bridgehead atoms. The third-order valence-electron chi connectivity index (χ3n) is 4.62. The number of carbonyl (C=O) groups is 1. The Morgan fingerprint density at radius 1 is 1.22 bits per heavy atom. The zero-order valence-corrected chi connectivity index (χ0v) is 15.2. The molecule has 4 nitrogen and oxygen atoms in total. The lowest BCUT2D eigenvalue weighted by atomic mass is 9.87. The summed E-state index contributed by atoms with van der Waals surface area (Å²) in [4.78, 5) is 12.7. The first-order valence-electron chi connectivity index (χ1n) is 8.44. The molecule has 1 heterocycles. The number of benzene rings is 1. The zero-order chi connectivity index (χ0) is 17.0. The van der Waals surface area contributed by atoms with Gasteiger partial charge in [0.05, 0.1) is 5.75 Å². The zero-order valence-electron chi connectivity index (χ0n) is 14.3. The molecule has 0 radical (unpaired) electrons. The van der Waals surface area contributed by atoms with Crippen LogP contribution in [0.4, 0.5) is 0 Å². The van der Waals surface area contributed by atoms with Gasteiger partial charge >= 0.3 is 0 Å². The lowest BCUT2D eigenvalue weighted by Crippen LogP contribution is -2.41. The number of hydrogen-bond donors (Lipinski definition) is 0. The van der Waals surface area contributed by atoms with Crippen LogP contribution in [0, 0.1) is 19.8 Å². The smallest absolute Gasteiger partial charge is 0.214 e. The number of aryl methyl sites for hydroxylation is 2. The average Bonchev–Trinajstić information content (AvgIpc) is 2.52. The van der Waals surface area contributed by atoms with E-state index in [1.54, 1.807) is 4.31 Å². The van der Waals surface area contributed by atoms with E-state index in [4.69, 9.17) is 0 Å². The minimum atomic E-state index is -3.15. The van der Waals surface area contributed by atoms with Gasteiger partial charge in [0.25, 0.3) is 0 Å². The van der Waals surface area contributed by atoms with Gasteiger partial charge in [-0.1, -0.05) is 37.1 Å². The molecule has 0 unspecified atom stereocenters. The Balaban J connectivity index is 2.00. The van der Waals surface area contributed by atoms with Crippen LogP contribution in [0.1, 0.15) is 54.1 Å². The second-order valence-electron chi connectivity index (χ2n) is 6.53. The number of piperidine rings is 1. The van der Waals surface area contributed by atoms with Crippen LogP contribution in [0.25, 0.3) is 0 Å². The number of nitrogens with zero attached hydrogens (tertiary/aromatic N) is 1. The number of unbranched alkanes of at least 4 members (excludes halogenated alkanes) is 1. The molecule has 1 saturated heterocycles. The van der Waals surface area contributed by atoms with Crippen molar-refractivity contribution in [2.45, 2.75) is 46.5 Å². The number of hydrogen-bond acceptors (Lipinski definition) is 3. The first-order valence-corrected chi connectivity index (χ1v) is 10.1. The quantitative estimate of drug-likeness (QED) is 0.748. The van der Waals surface area contributed by atoms with E-state index in [1.807, 2.05) is 39.0 Å². The molecule has 0 aliphatic carbocycles. The summed E-state index contributed by atoms with van der Waals surface area (Å²) in [5, 5.41) is 0. The molecule has 0 N–H and O–H groups in total. The lowest BCUT2D eigenvalue weighted by molar-refractivity contribution is 0.0874. The molecule has 0 aromatic heterocycles. The fraction of sp³-hybridized carbons (Fsp3) is 0.611. The fourth-order valence-corrected chi connectivity index (χ4v) is 4.84. The maximum atomic E-state index is 12.7. The molecular weight excluding hydrogens is 310 g/mol. The largest absolute Gasteiger partial charge is 0.294 e. The highest BCUT2D eigenvalue weighted by Crippen LogP contribution is 2.25. The first-order chi connectivity index (χ1) is 10.8. The van der Waals surface area contributed by atoms with Crippen molar-refractivity contribution in [2.75, 3.05) is 18.8 Å². The van der Waals surface area contributed by atoms with Gasteiger partial charge in [0, 0.05) is 24.6 Å². The van der Waals surface area contributed by atoms with Crippen molar-refractivity contribution >= 4 is 15.8 Å². The Morgan fingerprint density at radius 3 is 2.43 bits per heavy atom. The van der Waals surface area contributed by atoms with E-state index in [0.29, 0.717) is 32.4 Å². The van der Waals surface area contributed by atoms with Crippen molar-refractivity contribution in [3.05, 3.63) is 34.9 Å². The molecular formula is C18H27NO3S. The normalized spacial score (nSPS) is 17.3. The summed E-state index contributed by atoms with van der Waals surface area (Å²) in [6, 6.07) is 5.89. The molecule has 0 amide bonds. The Hall–Kier alpha value is -1.20. The molecule has 1 fully saturated rings. The first kappa shape index (κ1) is 18.1. The molecule has 23 heavy (non-hydrogen) atoms. The van der Waals surface area contributed by atoms with E-state index in [2.05, 4.69) is 0 Å². The topological polar surface area (TPSA) is 54.5 Å². The van der Waals surface area contributed by atoms with Gasteiger partial charge in [0.15, 0.2) is 5.78 Å². The maximum Gasteiger partial charge on any atom is 0.214 e. The molecule has 5 heteroatoms. The molecule has 1 aliphatic heterocycles. The molecule has 128 valence electrons. The van der Waals surface area contributed by atoms with Gasteiger partial charge in [-0.25, -0.2) is 12.7 Å². The molecule has 0 spiro atoms. The summed E-state index contributed by atoms with van der Waals surface area (Å²) in [6.07, 6.45) is 2.82. The van der Waals surface area contributed by atoms with Crippen LogP contribution < -0.4 is 0 Å². The van der Waals surface area contributed by atoms with Crippen LogP contribution in [-0.4, -0.2) is 37.3 Å². The van der Waals surface area contributed by atoms with Crippen molar-refractivity contribution in [1.82, 2.24) is 4.31 Å². The molecule has 0 saturated carbocycles. The highest BCUT2D eigenvalue weighted by atomic mass is 32.2. The predicted molar refractivity (Wildman–Crippen MR) is 93.2 cm³/mol. The second-order valence-corrected chi connectivity index (χ2v) is 8.61. The summed E-state index contributed by atoms with van der Waals surface area (Å²) >= 11 is 0. The Bertz CT molecular complexity index is 659. The highest BCUT2D eigenvalue weighted by Gasteiger charge is 2.31. The van der Waals surface area contributed by atoms with E-state index in [-0.39, 0.29) is 17.5 Å². The van der Waals surface area contributed by atoms with Crippen LogP contribution in [0.15, 0.2) is 18.2 Å². The predicted octanol–water partition coefficient (Wildman–Crippen LogP) is 3.33. The highest BCUT2D eigenvalue weighted by molar-refractivity contribution is 7.89. The maximum absolute atomic E-state index is 12.7. The van der Waals surface area contributed by atoms with Gasteiger partial charge in [-0.15, -0.1) is 0 Å². The van der Waals surface area contributed by atoms with Gasteiger partial charge in [-0.2, -0.15) is 0 Å². The van der Waals surface area contributed by atoms with E-state index >= 15 is 0 Å². The number of carbonyl (C=O) groups excluding carboxylic acids is 1. The minimum Gasteiger partial charge on any atom is -0.294 e. The monoisotopic (exact) mass is 337 g/mol. The summed E-state index contributed by atoms with van der Waals surface area (Å²) in [6.45, 7) is 6.90. The van der Waals surface area contributed by atoms with Gasteiger partial charge in [-0.3, -0.25) is 4.79 Å². The van der Waals surface area contributed by atoms with Crippen molar-refractivity contribution in [1.29, 1.82) is 0 Å². The van der Waals surface area contributed by atoms with Crippen molar-refractivity contribution in [3.63, 3.8) is 0 Å². The van der Waals surface area contributed by atoms with Gasteiger partial charge in [-0.05, 0) is 38.7 Å². The molecule has 2 rings (SSSR count). The molecule has 1 aromatic rings. The fourth-order valence-electron chi connectivity index (χ4n) is 3.16. The van der Waals surface area contributed by atoms with Gasteiger partial charge < -0.3 is 0 Å². The van der Waals surface area contributed by atoms with E-state index < -0.39 is 10.0 Å². The van der Waals surface area contributed by atoms with Crippen molar-refractivity contribution < 1.29 is 13.2 Å². The SMILES string of the molecule is CCCCS(=O)(=O)N1CCC(C(=O)c2ccc(C)cc2C)CC1. The number of sulfonamides is 1. The van der Waals surface area contributed by atoms with E-state index in [0.717, 1.165) is 23.1 Å². The van der Waals surface area contributed by atoms with E-state index in [1.165, 1.54) is 0 Å². The van der Waals surface area contributed by atoms with Crippen LogP contribution in [0.5, 0.6) is 0 Å². The molecule has 0 atom stereocenters. The summed E-state index contributed by atoms with van der Waals surface area (Å²) in [5.74, 6) is 0.321. The number of Topliss-reactive ketones (excluding diaryl/α,β-unsaturated/α-hetero) is 1. The summed E-state index contributed by atoms with van der Waals surface area (Å²) < 4.78 is 26.0. The lowest BCUT2D eigenvalue weighted by Gasteiger charge is -2.30. The Morgan fingerprint density at radius 2 is 1.87 bits per heavy atom. The van der Waals surface area contributed by atoms with Crippen LogP contribution in [0.2, 0.25) is 0 Å². The minimum absolute atomic E-state index is 0.0611. The molecule has 1 aromatic carbocycles. The summed E-state index contributed by atoms with van der Waals surface area (Å²) in [7, 11) is -3.15. The van der Waals surface area contributed by atoms with Crippen LogP contribution >= 0.6 is 0 Å². The average molecular weight is 337 g/mol.